The molecule has 1 aromatic carbocycles. The predicted octanol–water partition coefficient (Wildman–Crippen LogP) is 2.90. The number of nitrogens with zero attached hydrogens (tertiary/aromatic N) is 3. The molecule has 19 heavy (non-hydrogen) atoms. The molecule has 0 bridgehead atoms. The highest BCUT2D eigenvalue weighted by molar-refractivity contribution is 6.16. The molecule has 0 spiro atoms. The molecule has 2 heterocycles. The molecule has 3 rings (SSSR count). The van der Waals surface area contributed by atoms with Crippen molar-refractivity contribution in [2.24, 2.45) is 0 Å². The van der Waals surface area contributed by atoms with Gasteiger partial charge in [0.25, 0.3) is 0 Å². The molecule has 4 nitrogen and oxygen atoms in total. The Balaban J connectivity index is 2.04. The second kappa shape index (κ2) is 5.31. The van der Waals surface area contributed by atoms with Crippen LogP contribution in [0.2, 0.25) is 0 Å². The van der Waals surface area contributed by atoms with Gasteiger partial charge in [-0.05, 0) is 25.5 Å². The van der Waals surface area contributed by atoms with Gasteiger partial charge in [0, 0.05) is 11.6 Å². The summed E-state index contributed by atoms with van der Waals surface area (Å²) in [5, 5.41) is 8.53. The highest BCUT2D eigenvalue weighted by Gasteiger charge is 2.29. The van der Waals surface area contributed by atoms with Crippen LogP contribution < -0.4 is 0 Å². The zero-order valence-electron chi connectivity index (χ0n) is 10.8. The minimum Gasteiger partial charge on any atom is -0.378 e. The molecule has 0 amide bonds. The predicted molar refractivity (Wildman–Crippen MR) is 73.7 cm³/mol. The summed E-state index contributed by atoms with van der Waals surface area (Å²) in [4.78, 5) is 0. The Labute approximate surface area is 117 Å². The van der Waals surface area contributed by atoms with Gasteiger partial charge in [0.15, 0.2) is 5.82 Å². The maximum absolute atomic E-state index is 5.98. The van der Waals surface area contributed by atoms with E-state index < -0.39 is 0 Å². The van der Waals surface area contributed by atoms with Gasteiger partial charge in [-0.15, -0.1) is 21.8 Å². The van der Waals surface area contributed by atoms with Crippen molar-refractivity contribution in [1.82, 2.24) is 14.8 Å². The van der Waals surface area contributed by atoms with Crippen molar-refractivity contribution >= 4 is 11.6 Å². The first-order valence-electron chi connectivity index (χ1n) is 6.46. The molecule has 1 aromatic heterocycles. The Kier molecular flexibility index (Phi) is 3.53. The van der Waals surface area contributed by atoms with Crippen LogP contribution in [0.25, 0.3) is 5.69 Å². The Morgan fingerprint density at radius 3 is 2.74 bits per heavy atom. The molecule has 0 radical (unpaired) electrons. The number of rotatable bonds is 3. The highest BCUT2D eigenvalue weighted by Crippen LogP contribution is 2.30. The van der Waals surface area contributed by atoms with E-state index in [1.165, 1.54) is 0 Å². The number of benzene rings is 1. The van der Waals surface area contributed by atoms with Crippen LogP contribution in [-0.4, -0.2) is 27.5 Å². The van der Waals surface area contributed by atoms with Crippen molar-refractivity contribution in [3.05, 3.63) is 42.0 Å². The summed E-state index contributed by atoms with van der Waals surface area (Å²) < 4.78 is 7.69. The van der Waals surface area contributed by atoms with E-state index in [0.29, 0.717) is 18.4 Å². The number of halogens is 1. The Hall–Kier alpha value is -1.39. The van der Waals surface area contributed by atoms with E-state index in [-0.39, 0.29) is 6.10 Å². The second-order valence-corrected chi connectivity index (χ2v) is 5.12. The van der Waals surface area contributed by atoms with Gasteiger partial charge >= 0.3 is 0 Å². The van der Waals surface area contributed by atoms with E-state index in [2.05, 4.69) is 21.7 Å². The number of ether oxygens (including phenoxy) is 1. The van der Waals surface area contributed by atoms with Gasteiger partial charge in [-0.2, -0.15) is 0 Å². The fourth-order valence-electron chi connectivity index (χ4n) is 2.54. The Morgan fingerprint density at radius 1 is 1.32 bits per heavy atom. The summed E-state index contributed by atoms with van der Waals surface area (Å²) in [7, 11) is 0. The van der Waals surface area contributed by atoms with E-state index in [4.69, 9.17) is 16.3 Å². The monoisotopic (exact) mass is 277 g/mol. The summed E-state index contributed by atoms with van der Waals surface area (Å²) in [6.07, 6.45) is 1.26. The maximum Gasteiger partial charge on any atom is 0.152 e. The maximum atomic E-state index is 5.98. The molecule has 1 fully saturated rings. The van der Waals surface area contributed by atoms with E-state index in [1.807, 2.05) is 30.3 Å². The summed E-state index contributed by atoms with van der Waals surface area (Å²) in [5.74, 6) is 2.37. The second-order valence-electron chi connectivity index (χ2n) is 4.86. The fourth-order valence-corrected chi connectivity index (χ4v) is 2.71. The van der Waals surface area contributed by atoms with Crippen molar-refractivity contribution < 1.29 is 4.74 Å². The smallest absolute Gasteiger partial charge is 0.152 e. The lowest BCUT2D eigenvalue weighted by Crippen LogP contribution is -2.09. The lowest BCUT2D eigenvalue weighted by molar-refractivity contribution is 0.123. The minimum atomic E-state index is 0.283. The van der Waals surface area contributed by atoms with Crippen molar-refractivity contribution in [1.29, 1.82) is 0 Å². The topological polar surface area (TPSA) is 39.9 Å². The molecule has 2 atom stereocenters. The molecule has 2 aromatic rings. The van der Waals surface area contributed by atoms with Gasteiger partial charge in [-0.3, -0.25) is 4.57 Å². The van der Waals surface area contributed by atoms with Gasteiger partial charge < -0.3 is 4.74 Å². The van der Waals surface area contributed by atoms with Gasteiger partial charge in [0.05, 0.1) is 18.6 Å². The molecule has 100 valence electrons. The third-order valence-corrected chi connectivity index (χ3v) is 3.69. The quantitative estimate of drug-likeness (QED) is 0.810. The summed E-state index contributed by atoms with van der Waals surface area (Å²) in [6.45, 7) is 2.79. The third kappa shape index (κ3) is 2.38. The van der Waals surface area contributed by atoms with E-state index in [9.17, 15) is 0 Å². The number of alkyl halides is 1. The van der Waals surface area contributed by atoms with E-state index in [1.54, 1.807) is 0 Å². The van der Waals surface area contributed by atoms with Crippen LogP contribution in [0.15, 0.2) is 30.3 Å². The van der Waals surface area contributed by atoms with Crippen LogP contribution >= 0.6 is 11.6 Å². The Morgan fingerprint density at radius 2 is 2.11 bits per heavy atom. The number of hydrogen-bond acceptors (Lipinski definition) is 3. The third-order valence-electron chi connectivity index (χ3n) is 3.45. The first kappa shape index (κ1) is 12.6. The van der Waals surface area contributed by atoms with Crippen LogP contribution in [0, 0.1) is 0 Å². The zero-order chi connectivity index (χ0) is 13.2. The lowest BCUT2D eigenvalue weighted by Gasteiger charge is -2.12. The largest absolute Gasteiger partial charge is 0.378 e. The van der Waals surface area contributed by atoms with Crippen LogP contribution in [0.5, 0.6) is 0 Å². The van der Waals surface area contributed by atoms with Crippen molar-refractivity contribution in [3.63, 3.8) is 0 Å². The number of aromatic nitrogens is 3. The summed E-state index contributed by atoms with van der Waals surface area (Å²) >= 11 is 5.98. The molecule has 1 saturated heterocycles. The molecule has 2 unspecified atom stereocenters. The average Bonchev–Trinajstić information content (AvgIpc) is 3.05. The van der Waals surface area contributed by atoms with E-state index in [0.717, 1.165) is 23.8 Å². The van der Waals surface area contributed by atoms with Crippen LogP contribution in [0.1, 0.15) is 30.9 Å². The van der Waals surface area contributed by atoms with Crippen LogP contribution in [-0.2, 0) is 10.6 Å². The van der Waals surface area contributed by atoms with Gasteiger partial charge in [-0.1, -0.05) is 18.2 Å². The number of para-hydroxylation sites is 1. The van der Waals surface area contributed by atoms with Crippen LogP contribution in [0.3, 0.4) is 0 Å². The molecular formula is C14H16ClN3O. The summed E-state index contributed by atoms with van der Waals surface area (Å²) in [5.41, 5.74) is 1.05. The van der Waals surface area contributed by atoms with E-state index >= 15 is 0 Å². The van der Waals surface area contributed by atoms with Gasteiger partial charge in [-0.25, -0.2) is 0 Å². The molecule has 0 saturated carbocycles. The van der Waals surface area contributed by atoms with Crippen molar-refractivity contribution in [2.75, 3.05) is 6.61 Å². The summed E-state index contributed by atoms with van der Waals surface area (Å²) in [6, 6.07) is 10.1. The molecule has 1 aliphatic rings. The molecular weight excluding hydrogens is 262 g/mol. The molecule has 5 heteroatoms. The first-order valence-corrected chi connectivity index (χ1v) is 7.00. The fraction of sp³-hybridized carbons (Fsp3) is 0.429. The lowest BCUT2D eigenvalue weighted by atomic mass is 10.1. The van der Waals surface area contributed by atoms with Crippen molar-refractivity contribution in [2.45, 2.75) is 31.2 Å². The minimum absolute atomic E-state index is 0.283. The van der Waals surface area contributed by atoms with Gasteiger partial charge in [0.2, 0.25) is 0 Å². The van der Waals surface area contributed by atoms with Crippen LogP contribution in [0.4, 0.5) is 0 Å². The standard InChI is InChI=1S/C14H16ClN3O/c1-10-7-11(9-19-10)14-17-16-13(8-15)18(14)12-5-3-2-4-6-12/h2-6,10-11H,7-9H2,1H3. The number of hydrogen-bond donors (Lipinski definition) is 0. The van der Waals surface area contributed by atoms with Crippen molar-refractivity contribution in [3.8, 4) is 5.69 Å². The molecule has 0 N–H and O–H groups in total. The highest BCUT2D eigenvalue weighted by atomic mass is 35.5. The molecule has 0 aliphatic carbocycles. The first-order chi connectivity index (χ1) is 9.29. The average molecular weight is 278 g/mol. The Bertz CT molecular complexity index is 555. The normalized spacial score (nSPS) is 22.8. The van der Waals surface area contributed by atoms with Gasteiger partial charge in [0.1, 0.15) is 5.82 Å². The zero-order valence-corrected chi connectivity index (χ0v) is 11.5. The SMILES string of the molecule is CC1CC(c2nnc(CCl)n2-c2ccccc2)CO1. The molecule has 1 aliphatic heterocycles.